The number of nitrogens with zero attached hydrogens (tertiary/aromatic N) is 2. The molecule has 0 radical (unpaired) electrons. The van der Waals surface area contributed by atoms with Crippen LogP contribution in [0, 0.1) is 0 Å². The van der Waals surface area contributed by atoms with E-state index >= 15 is 0 Å². The zero-order valence-electron chi connectivity index (χ0n) is 13.3. The smallest absolute Gasteiger partial charge is 0.283 e. The van der Waals surface area contributed by atoms with Gasteiger partial charge in [0.1, 0.15) is 18.1 Å². The molecule has 0 amide bonds. The van der Waals surface area contributed by atoms with Gasteiger partial charge in [0.05, 0.1) is 12.3 Å². The Balaban J connectivity index is 1.62. The maximum atomic E-state index is 13.2. The lowest BCUT2D eigenvalue weighted by Gasteiger charge is -2.29. The molecule has 0 N–H and O–H groups in total. The highest BCUT2D eigenvalue weighted by Gasteiger charge is 2.40. The summed E-state index contributed by atoms with van der Waals surface area (Å²) in [6.07, 6.45) is 3.22. The fourth-order valence-corrected chi connectivity index (χ4v) is 5.22. The number of hydrogen-bond donors (Lipinski definition) is 0. The highest BCUT2D eigenvalue weighted by Crippen LogP contribution is 2.36. The van der Waals surface area contributed by atoms with Crippen LogP contribution in [0.5, 0.6) is 5.75 Å². The van der Waals surface area contributed by atoms with Crippen molar-refractivity contribution in [2.45, 2.75) is 25.4 Å². The Hall–Kier alpha value is -1.83. The minimum absolute atomic E-state index is 0.218. The number of furan rings is 1. The van der Waals surface area contributed by atoms with Crippen molar-refractivity contribution in [2.24, 2.45) is 0 Å². The molecule has 1 aromatic heterocycles. The molecule has 24 heavy (non-hydrogen) atoms. The molecule has 1 fully saturated rings. The van der Waals surface area contributed by atoms with Crippen molar-refractivity contribution in [1.82, 2.24) is 8.61 Å². The molecule has 0 saturated carbocycles. The molecule has 1 unspecified atom stereocenters. The van der Waals surface area contributed by atoms with Gasteiger partial charge in [-0.2, -0.15) is 17.0 Å². The van der Waals surface area contributed by atoms with Crippen molar-refractivity contribution < 1.29 is 17.6 Å². The molecule has 7 heteroatoms. The van der Waals surface area contributed by atoms with E-state index in [1.54, 1.807) is 16.6 Å². The zero-order chi connectivity index (χ0) is 16.6. The van der Waals surface area contributed by atoms with Gasteiger partial charge < -0.3 is 9.15 Å². The molecule has 0 spiro atoms. The summed E-state index contributed by atoms with van der Waals surface area (Å²) in [5.74, 6) is 1.47. The first kappa shape index (κ1) is 15.7. The number of fused-ring (bicyclic) bond motifs is 1. The van der Waals surface area contributed by atoms with Crippen LogP contribution in [0.4, 0.5) is 0 Å². The van der Waals surface area contributed by atoms with Gasteiger partial charge in [0.25, 0.3) is 10.2 Å². The topological polar surface area (TPSA) is 63.0 Å². The SMILES string of the molecule is O=S(=O)(N1CCOc2ccccc2C1)N1CCCC1c1ccco1. The number of rotatable bonds is 3. The average Bonchev–Trinajstić information content (AvgIpc) is 3.21. The maximum absolute atomic E-state index is 13.2. The Morgan fingerprint density at radius 1 is 1.08 bits per heavy atom. The van der Waals surface area contributed by atoms with Crippen LogP contribution in [-0.2, 0) is 16.8 Å². The Morgan fingerprint density at radius 3 is 2.79 bits per heavy atom. The summed E-state index contributed by atoms with van der Waals surface area (Å²) in [5, 5.41) is 0. The van der Waals surface area contributed by atoms with Gasteiger partial charge in [-0.3, -0.25) is 0 Å². The predicted molar refractivity (Wildman–Crippen MR) is 88.7 cm³/mol. The number of para-hydroxylation sites is 1. The van der Waals surface area contributed by atoms with Gasteiger partial charge >= 0.3 is 0 Å². The van der Waals surface area contributed by atoms with E-state index in [0.717, 1.165) is 24.2 Å². The highest BCUT2D eigenvalue weighted by molar-refractivity contribution is 7.86. The second-order valence-corrected chi connectivity index (χ2v) is 7.96. The van der Waals surface area contributed by atoms with E-state index in [1.165, 1.54) is 4.31 Å². The summed E-state index contributed by atoms with van der Waals surface area (Å²) in [7, 11) is -3.58. The van der Waals surface area contributed by atoms with Gasteiger partial charge in [-0.25, -0.2) is 0 Å². The molecule has 1 atom stereocenters. The third-order valence-electron chi connectivity index (χ3n) is 4.62. The van der Waals surface area contributed by atoms with Crippen LogP contribution in [0.1, 0.15) is 30.2 Å². The maximum Gasteiger partial charge on any atom is 0.283 e. The molecule has 0 aliphatic carbocycles. The van der Waals surface area contributed by atoms with Crippen LogP contribution in [0.2, 0.25) is 0 Å². The van der Waals surface area contributed by atoms with Crippen LogP contribution in [0.25, 0.3) is 0 Å². The van der Waals surface area contributed by atoms with E-state index in [0.29, 0.717) is 32.0 Å². The highest BCUT2D eigenvalue weighted by atomic mass is 32.2. The molecule has 2 aliphatic rings. The average molecular weight is 348 g/mol. The van der Waals surface area contributed by atoms with E-state index in [1.807, 2.05) is 30.3 Å². The Labute approximate surface area is 141 Å². The van der Waals surface area contributed by atoms with Gasteiger partial charge in [-0.15, -0.1) is 0 Å². The van der Waals surface area contributed by atoms with Crippen molar-refractivity contribution in [2.75, 3.05) is 19.7 Å². The first-order valence-corrected chi connectivity index (χ1v) is 9.57. The fraction of sp³-hybridized carbons (Fsp3) is 0.412. The molecule has 2 aromatic rings. The third-order valence-corrected chi connectivity index (χ3v) is 6.61. The molecule has 3 heterocycles. The van der Waals surface area contributed by atoms with Crippen molar-refractivity contribution in [1.29, 1.82) is 0 Å². The van der Waals surface area contributed by atoms with Crippen molar-refractivity contribution in [3.8, 4) is 5.75 Å². The normalized spacial score (nSPS) is 22.8. The van der Waals surface area contributed by atoms with Crippen molar-refractivity contribution in [3.05, 3.63) is 54.0 Å². The van der Waals surface area contributed by atoms with E-state index in [2.05, 4.69) is 0 Å². The summed E-state index contributed by atoms with van der Waals surface area (Å²) < 4.78 is 40.7. The van der Waals surface area contributed by atoms with Crippen LogP contribution in [0.15, 0.2) is 47.1 Å². The molecular weight excluding hydrogens is 328 g/mol. The molecule has 1 saturated heterocycles. The largest absolute Gasteiger partial charge is 0.492 e. The summed E-state index contributed by atoms with van der Waals surface area (Å²) in [6, 6.07) is 11.0. The van der Waals surface area contributed by atoms with Gasteiger partial charge in [0, 0.05) is 25.2 Å². The zero-order valence-corrected chi connectivity index (χ0v) is 14.1. The summed E-state index contributed by atoms with van der Waals surface area (Å²) in [5.41, 5.74) is 0.896. The van der Waals surface area contributed by atoms with Crippen LogP contribution >= 0.6 is 0 Å². The van der Waals surface area contributed by atoms with E-state index in [4.69, 9.17) is 9.15 Å². The molecular formula is C17H20N2O4S. The summed E-state index contributed by atoms with van der Waals surface area (Å²) in [6.45, 7) is 1.56. The van der Waals surface area contributed by atoms with Crippen LogP contribution in [0.3, 0.4) is 0 Å². The van der Waals surface area contributed by atoms with Gasteiger partial charge in [0.2, 0.25) is 0 Å². The van der Waals surface area contributed by atoms with E-state index in [9.17, 15) is 8.42 Å². The lowest BCUT2D eigenvalue weighted by atomic mass is 10.2. The summed E-state index contributed by atoms with van der Waals surface area (Å²) in [4.78, 5) is 0. The minimum atomic E-state index is -3.58. The second kappa shape index (κ2) is 6.23. The van der Waals surface area contributed by atoms with E-state index in [-0.39, 0.29) is 6.04 Å². The van der Waals surface area contributed by atoms with Crippen LogP contribution < -0.4 is 4.74 Å². The molecule has 2 aliphatic heterocycles. The van der Waals surface area contributed by atoms with E-state index < -0.39 is 10.2 Å². The second-order valence-electron chi connectivity index (χ2n) is 6.08. The van der Waals surface area contributed by atoms with Gasteiger partial charge in [-0.1, -0.05) is 18.2 Å². The van der Waals surface area contributed by atoms with Gasteiger partial charge in [0.15, 0.2) is 0 Å². The molecule has 1 aromatic carbocycles. The third kappa shape index (κ3) is 2.72. The fourth-order valence-electron chi connectivity index (χ4n) is 3.43. The summed E-state index contributed by atoms with van der Waals surface area (Å²) >= 11 is 0. The number of ether oxygens (including phenoxy) is 1. The Morgan fingerprint density at radius 2 is 1.96 bits per heavy atom. The lowest BCUT2D eigenvalue weighted by Crippen LogP contribution is -2.43. The van der Waals surface area contributed by atoms with Crippen molar-refractivity contribution in [3.63, 3.8) is 0 Å². The minimum Gasteiger partial charge on any atom is -0.492 e. The Bertz CT molecular complexity index is 804. The molecule has 4 rings (SSSR count). The molecule has 0 bridgehead atoms. The Kier molecular flexibility index (Phi) is 4.07. The first-order valence-electron chi connectivity index (χ1n) is 8.17. The predicted octanol–water partition coefficient (Wildman–Crippen LogP) is 2.56. The molecule has 128 valence electrons. The number of hydrogen-bond acceptors (Lipinski definition) is 4. The van der Waals surface area contributed by atoms with Crippen LogP contribution in [-0.4, -0.2) is 36.7 Å². The lowest BCUT2D eigenvalue weighted by molar-refractivity contribution is 0.268. The first-order chi connectivity index (χ1) is 11.7. The quantitative estimate of drug-likeness (QED) is 0.855. The monoisotopic (exact) mass is 348 g/mol. The standard InChI is InChI=1S/C17H20N2O4S/c20-24(21,19-9-3-6-15(19)17-8-4-11-22-17)18-10-12-23-16-7-2-1-5-14(16)13-18/h1-2,4-5,7-8,11,15H,3,6,9-10,12-13H2. The van der Waals surface area contributed by atoms with Crippen molar-refractivity contribution >= 4 is 10.2 Å². The molecule has 6 nitrogen and oxygen atoms in total. The number of benzene rings is 1. The van der Waals surface area contributed by atoms with Gasteiger partial charge in [-0.05, 0) is 31.0 Å².